The maximum Gasteiger partial charge on any atom is 0.342 e. The second-order valence-electron chi connectivity index (χ2n) is 5.04. The molecule has 9 nitrogen and oxygen atoms in total. The van der Waals surface area contributed by atoms with Crippen LogP contribution in [0.1, 0.15) is 18.7 Å². The molecule has 1 aliphatic heterocycles. The Kier molecular flexibility index (Phi) is 2.94. The van der Waals surface area contributed by atoms with Crippen molar-refractivity contribution in [2.75, 3.05) is 0 Å². The van der Waals surface area contributed by atoms with Gasteiger partial charge in [0, 0.05) is 0 Å². The van der Waals surface area contributed by atoms with E-state index in [2.05, 4.69) is 10.1 Å². The molecule has 2 heterocycles. The molecule has 0 saturated heterocycles. The molecule has 9 heteroatoms. The molecule has 0 aromatic carbocycles. The number of fused-ring (bicyclic) bond motifs is 1. The van der Waals surface area contributed by atoms with Crippen LogP contribution in [0.15, 0.2) is 11.4 Å². The molecule has 1 aromatic rings. The van der Waals surface area contributed by atoms with Gasteiger partial charge in [0.05, 0.1) is 19.1 Å². The Hall–Kier alpha value is -2.00. The number of nitrogens with zero attached hydrogens (tertiary/aromatic N) is 4. The van der Waals surface area contributed by atoms with E-state index in [0.717, 1.165) is 0 Å². The van der Waals surface area contributed by atoms with Crippen molar-refractivity contribution < 1.29 is 20.0 Å². The van der Waals surface area contributed by atoms with E-state index in [1.54, 1.807) is 0 Å². The lowest BCUT2D eigenvalue weighted by Crippen LogP contribution is -2.47. The van der Waals surface area contributed by atoms with E-state index in [4.69, 9.17) is 4.84 Å². The molecular formula is C11H14N4O5. The Labute approximate surface area is 113 Å². The number of imidazole rings is 1. The third kappa shape index (κ3) is 1.78. The van der Waals surface area contributed by atoms with E-state index >= 15 is 0 Å². The Morgan fingerprint density at radius 3 is 2.90 bits per heavy atom. The Morgan fingerprint density at radius 1 is 1.50 bits per heavy atom. The van der Waals surface area contributed by atoms with Crippen LogP contribution in [-0.4, -0.2) is 48.7 Å². The van der Waals surface area contributed by atoms with Gasteiger partial charge in [-0.3, -0.25) is 0 Å². The van der Waals surface area contributed by atoms with Crippen molar-refractivity contribution in [3.63, 3.8) is 0 Å². The summed E-state index contributed by atoms with van der Waals surface area (Å²) in [5.74, 6) is 0.00411. The standard InChI is InChI=1S/C11H14N4O5/c1-14-7(15(18)19)4-12-11(14)8-5-2-3-6(16)9(17)10(5)20-13-8/h4-6,9-10,16-17H,2-3H2,1H3/t5?,6-,9-,10?/m0/s1. The van der Waals surface area contributed by atoms with Crippen LogP contribution in [0, 0.1) is 16.0 Å². The molecule has 1 aromatic heterocycles. The molecule has 2 aliphatic rings. The number of hydrogen-bond acceptors (Lipinski definition) is 7. The summed E-state index contributed by atoms with van der Waals surface area (Å²) in [6.45, 7) is 0. The zero-order chi connectivity index (χ0) is 14.4. The molecule has 3 rings (SSSR count). The van der Waals surface area contributed by atoms with Crippen LogP contribution in [0.5, 0.6) is 0 Å². The molecule has 4 atom stereocenters. The highest BCUT2D eigenvalue weighted by Crippen LogP contribution is 2.35. The Morgan fingerprint density at radius 2 is 2.25 bits per heavy atom. The first-order valence-electron chi connectivity index (χ1n) is 6.27. The monoisotopic (exact) mass is 282 g/mol. The Balaban J connectivity index is 1.91. The number of aromatic nitrogens is 2. The molecule has 0 amide bonds. The fourth-order valence-electron chi connectivity index (χ4n) is 2.77. The van der Waals surface area contributed by atoms with E-state index in [0.29, 0.717) is 24.4 Å². The summed E-state index contributed by atoms with van der Waals surface area (Å²) < 4.78 is 1.34. The third-order valence-electron chi connectivity index (χ3n) is 3.90. The lowest BCUT2D eigenvalue weighted by atomic mass is 9.80. The minimum Gasteiger partial charge on any atom is -0.390 e. The van der Waals surface area contributed by atoms with Crippen molar-refractivity contribution in [3.05, 3.63) is 22.1 Å². The van der Waals surface area contributed by atoms with Crippen LogP contribution in [0.3, 0.4) is 0 Å². The van der Waals surface area contributed by atoms with Crippen molar-refractivity contribution in [1.82, 2.24) is 9.55 Å². The Bertz CT molecular complexity index is 583. The molecule has 1 fully saturated rings. The van der Waals surface area contributed by atoms with Gasteiger partial charge in [0.2, 0.25) is 5.82 Å². The molecule has 0 bridgehead atoms. The van der Waals surface area contributed by atoms with Gasteiger partial charge in [0.15, 0.2) is 11.8 Å². The first-order valence-corrected chi connectivity index (χ1v) is 6.27. The first kappa shape index (κ1) is 13.0. The van der Waals surface area contributed by atoms with E-state index < -0.39 is 23.2 Å². The first-order chi connectivity index (χ1) is 9.50. The van der Waals surface area contributed by atoms with Crippen LogP contribution in [0.2, 0.25) is 0 Å². The summed E-state index contributed by atoms with van der Waals surface area (Å²) >= 11 is 0. The molecule has 2 N–H and O–H groups in total. The average molecular weight is 282 g/mol. The van der Waals surface area contributed by atoms with Gasteiger partial charge in [-0.25, -0.2) is 9.55 Å². The lowest BCUT2D eigenvalue weighted by molar-refractivity contribution is -0.391. The average Bonchev–Trinajstić information content (AvgIpc) is 2.97. The van der Waals surface area contributed by atoms with Gasteiger partial charge in [0.1, 0.15) is 12.3 Å². The van der Waals surface area contributed by atoms with Crippen LogP contribution in [0.25, 0.3) is 0 Å². The molecule has 0 radical (unpaired) electrons. The van der Waals surface area contributed by atoms with Gasteiger partial charge < -0.3 is 25.2 Å². The molecule has 1 aliphatic carbocycles. The van der Waals surface area contributed by atoms with Crippen LogP contribution < -0.4 is 0 Å². The van der Waals surface area contributed by atoms with Crippen molar-refractivity contribution in [1.29, 1.82) is 0 Å². The number of hydrogen-bond donors (Lipinski definition) is 2. The molecule has 1 saturated carbocycles. The quantitative estimate of drug-likeness (QED) is 0.560. The van der Waals surface area contributed by atoms with Crippen molar-refractivity contribution in [2.45, 2.75) is 31.2 Å². The van der Waals surface area contributed by atoms with Gasteiger partial charge in [0.25, 0.3) is 0 Å². The summed E-state index contributed by atoms with van der Waals surface area (Å²) in [6.07, 6.45) is -0.282. The molecule has 20 heavy (non-hydrogen) atoms. The summed E-state index contributed by atoms with van der Waals surface area (Å²) in [6, 6.07) is 0. The van der Waals surface area contributed by atoms with Gasteiger partial charge in [-0.05, 0) is 17.8 Å². The lowest BCUT2D eigenvalue weighted by Gasteiger charge is -2.31. The SMILES string of the molecule is Cn1c([N+](=O)[O-])cnc1C1=NOC2C1CC[C@H](O)[C@@H]2O. The topological polar surface area (TPSA) is 123 Å². The summed E-state index contributed by atoms with van der Waals surface area (Å²) in [4.78, 5) is 19.5. The number of rotatable bonds is 2. The van der Waals surface area contributed by atoms with Crippen LogP contribution in [0.4, 0.5) is 5.82 Å². The molecule has 108 valence electrons. The van der Waals surface area contributed by atoms with Crippen LogP contribution in [-0.2, 0) is 11.9 Å². The van der Waals surface area contributed by atoms with Crippen LogP contribution >= 0.6 is 0 Å². The predicted molar refractivity (Wildman–Crippen MR) is 66.0 cm³/mol. The minimum atomic E-state index is -1.01. The maximum atomic E-state index is 10.8. The summed E-state index contributed by atoms with van der Waals surface area (Å²) in [7, 11) is 1.53. The maximum absolute atomic E-state index is 10.8. The predicted octanol–water partition coefficient (Wildman–Crippen LogP) is -0.437. The second-order valence-corrected chi connectivity index (χ2v) is 5.04. The molecular weight excluding hydrogens is 268 g/mol. The van der Waals surface area contributed by atoms with Gasteiger partial charge in [-0.15, -0.1) is 0 Å². The highest BCUT2D eigenvalue weighted by Gasteiger charge is 2.48. The van der Waals surface area contributed by atoms with E-state index in [-0.39, 0.29) is 11.7 Å². The van der Waals surface area contributed by atoms with E-state index in [1.165, 1.54) is 17.8 Å². The van der Waals surface area contributed by atoms with Gasteiger partial charge in [-0.1, -0.05) is 5.16 Å². The zero-order valence-corrected chi connectivity index (χ0v) is 10.7. The normalized spacial score (nSPS) is 32.5. The largest absolute Gasteiger partial charge is 0.390 e. The van der Waals surface area contributed by atoms with E-state index in [1.807, 2.05) is 0 Å². The fourth-order valence-corrected chi connectivity index (χ4v) is 2.77. The van der Waals surface area contributed by atoms with Gasteiger partial charge in [-0.2, -0.15) is 0 Å². The highest BCUT2D eigenvalue weighted by molar-refractivity contribution is 6.00. The summed E-state index contributed by atoms with van der Waals surface area (Å²) in [5.41, 5.74) is 0.483. The van der Waals surface area contributed by atoms with Crippen molar-refractivity contribution in [2.24, 2.45) is 18.1 Å². The zero-order valence-electron chi connectivity index (χ0n) is 10.7. The number of oxime groups is 1. The van der Waals surface area contributed by atoms with Gasteiger partial charge >= 0.3 is 5.82 Å². The number of nitro groups is 1. The second kappa shape index (κ2) is 4.53. The van der Waals surface area contributed by atoms with Crippen molar-refractivity contribution >= 4 is 11.5 Å². The fraction of sp³-hybridized carbons (Fsp3) is 0.636. The van der Waals surface area contributed by atoms with Crippen molar-refractivity contribution in [3.8, 4) is 0 Å². The number of aliphatic hydroxyl groups is 2. The molecule has 0 spiro atoms. The molecule has 2 unspecified atom stereocenters. The minimum absolute atomic E-state index is 0.137. The van der Waals surface area contributed by atoms with E-state index in [9.17, 15) is 20.3 Å². The third-order valence-corrected chi connectivity index (χ3v) is 3.90. The summed E-state index contributed by atoms with van der Waals surface area (Å²) in [5, 5.41) is 34.3. The highest BCUT2D eigenvalue weighted by atomic mass is 16.7. The smallest absolute Gasteiger partial charge is 0.342 e. The number of aliphatic hydroxyl groups excluding tert-OH is 2.